The monoisotopic (exact) mass is 302 g/mol. The van der Waals surface area contributed by atoms with Gasteiger partial charge in [-0.1, -0.05) is 6.42 Å². The molecule has 0 aliphatic heterocycles. The Bertz CT molecular complexity index is 634. The van der Waals surface area contributed by atoms with E-state index in [2.05, 4.69) is 9.71 Å². The van der Waals surface area contributed by atoms with Crippen LogP contribution < -0.4 is 4.72 Å². The Kier molecular flexibility index (Phi) is 3.79. The number of sulfonamides is 1. The second-order valence-corrected chi connectivity index (χ2v) is 6.71. The summed E-state index contributed by atoms with van der Waals surface area (Å²) in [6.45, 7) is 1.49. The van der Waals surface area contributed by atoms with Crippen LogP contribution in [0.15, 0.2) is 23.4 Å². The summed E-state index contributed by atoms with van der Waals surface area (Å²) in [4.78, 5) is 14.8. The van der Waals surface area contributed by atoms with Crippen LogP contribution >= 0.6 is 0 Å². The van der Waals surface area contributed by atoms with Gasteiger partial charge in [-0.2, -0.15) is 0 Å². The Morgan fingerprint density at radius 2 is 2.30 bits per heavy atom. The van der Waals surface area contributed by atoms with Gasteiger partial charge in [0.15, 0.2) is 5.82 Å². The van der Waals surface area contributed by atoms with Crippen molar-refractivity contribution in [3.8, 4) is 0 Å². The molecule has 1 aromatic rings. The lowest BCUT2D eigenvalue weighted by molar-refractivity contribution is -0.148. The summed E-state index contributed by atoms with van der Waals surface area (Å²) in [5.41, 5.74) is -1.18. The number of halogens is 1. The zero-order valence-corrected chi connectivity index (χ0v) is 11.7. The van der Waals surface area contributed by atoms with Crippen molar-refractivity contribution < 1.29 is 22.7 Å². The van der Waals surface area contributed by atoms with E-state index in [0.717, 1.165) is 6.07 Å². The van der Waals surface area contributed by atoms with Crippen LogP contribution in [0.3, 0.4) is 0 Å². The Morgan fingerprint density at radius 1 is 1.60 bits per heavy atom. The highest BCUT2D eigenvalue weighted by molar-refractivity contribution is 7.89. The number of hydrogen-bond donors (Lipinski definition) is 2. The van der Waals surface area contributed by atoms with Crippen LogP contribution in [0.4, 0.5) is 4.39 Å². The molecule has 20 heavy (non-hydrogen) atoms. The van der Waals surface area contributed by atoms with E-state index < -0.39 is 38.3 Å². The number of pyridine rings is 1. The lowest BCUT2D eigenvalue weighted by atomic mass is 9.85. The molecule has 0 spiro atoms. The minimum atomic E-state index is -4.18. The van der Waals surface area contributed by atoms with Crippen molar-refractivity contribution in [3.63, 3.8) is 0 Å². The molecule has 6 nitrogen and oxygen atoms in total. The van der Waals surface area contributed by atoms with Crippen molar-refractivity contribution in [2.45, 2.75) is 37.3 Å². The van der Waals surface area contributed by atoms with Gasteiger partial charge in [0.1, 0.15) is 0 Å². The average Bonchev–Trinajstić information content (AvgIpc) is 2.72. The molecule has 0 bridgehead atoms. The number of carboxylic acid groups (broad SMARTS) is 1. The standard InChI is InChI=1S/C12H15FN2O4S/c1-12(11(16)17)6-2-5-9(12)15-20(18,19)10-8(13)4-3-7-14-10/h3-4,7,9,15H,2,5-6H2,1H3,(H,16,17). The van der Waals surface area contributed by atoms with Gasteiger partial charge >= 0.3 is 5.97 Å². The Hall–Kier alpha value is -1.54. The summed E-state index contributed by atoms with van der Waals surface area (Å²) in [6, 6.07) is 1.50. The second-order valence-electron chi connectivity index (χ2n) is 5.08. The first kappa shape index (κ1) is 14.9. The largest absolute Gasteiger partial charge is 0.481 e. The third-order valence-electron chi connectivity index (χ3n) is 3.72. The Balaban J connectivity index is 2.30. The van der Waals surface area contributed by atoms with Crippen molar-refractivity contribution in [1.29, 1.82) is 0 Å². The predicted octanol–water partition coefficient (Wildman–Crippen LogP) is 1.14. The summed E-state index contributed by atoms with van der Waals surface area (Å²) in [6.07, 6.45) is 2.54. The normalized spacial score (nSPS) is 26.6. The lowest BCUT2D eigenvalue weighted by Crippen LogP contribution is -2.47. The quantitative estimate of drug-likeness (QED) is 0.869. The molecule has 8 heteroatoms. The maximum atomic E-state index is 13.5. The molecule has 1 aliphatic rings. The molecule has 1 saturated carbocycles. The molecule has 0 aromatic carbocycles. The van der Waals surface area contributed by atoms with E-state index in [1.807, 2.05) is 0 Å². The molecule has 0 saturated heterocycles. The number of carboxylic acids is 1. The number of rotatable bonds is 4. The van der Waals surface area contributed by atoms with E-state index in [1.165, 1.54) is 19.2 Å². The van der Waals surface area contributed by atoms with Crippen LogP contribution in [0.25, 0.3) is 0 Å². The highest BCUT2D eigenvalue weighted by atomic mass is 32.2. The van der Waals surface area contributed by atoms with Crippen molar-refractivity contribution >= 4 is 16.0 Å². The number of aromatic nitrogens is 1. The molecule has 1 fully saturated rings. The summed E-state index contributed by atoms with van der Waals surface area (Å²) in [5.74, 6) is -2.03. The third kappa shape index (κ3) is 2.53. The lowest BCUT2D eigenvalue weighted by Gasteiger charge is -2.27. The number of carbonyl (C=O) groups is 1. The SMILES string of the molecule is CC1(C(=O)O)CCCC1NS(=O)(=O)c1ncccc1F. The fourth-order valence-electron chi connectivity index (χ4n) is 2.42. The molecule has 0 amide bonds. The van der Waals surface area contributed by atoms with Gasteiger partial charge in [0.05, 0.1) is 5.41 Å². The summed E-state index contributed by atoms with van der Waals surface area (Å²) in [7, 11) is -4.18. The number of nitrogens with one attached hydrogen (secondary N) is 1. The number of nitrogens with zero attached hydrogens (tertiary/aromatic N) is 1. The Morgan fingerprint density at radius 3 is 2.90 bits per heavy atom. The fraction of sp³-hybridized carbons (Fsp3) is 0.500. The second kappa shape index (κ2) is 5.10. The molecule has 1 heterocycles. The third-order valence-corrected chi connectivity index (χ3v) is 5.13. The molecule has 1 aromatic heterocycles. The van der Waals surface area contributed by atoms with Gasteiger partial charge in [-0.15, -0.1) is 0 Å². The predicted molar refractivity (Wildman–Crippen MR) is 67.9 cm³/mol. The highest BCUT2D eigenvalue weighted by Crippen LogP contribution is 2.38. The maximum Gasteiger partial charge on any atom is 0.310 e. The van der Waals surface area contributed by atoms with Gasteiger partial charge in [0.2, 0.25) is 5.03 Å². The van der Waals surface area contributed by atoms with E-state index >= 15 is 0 Å². The first-order valence-corrected chi connectivity index (χ1v) is 7.62. The summed E-state index contributed by atoms with van der Waals surface area (Å²) >= 11 is 0. The van der Waals surface area contributed by atoms with Crippen molar-refractivity contribution in [3.05, 3.63) is 24.1 Å². The van der Waals surface area contributed by atoms with Crippen LogP contribution in [0.5, 0.6) is 0 Å². The molecule has 2 unspecified atom stereocenters. The average molecular weight is 302 g/mol. The van der Waals surface area contributed by atoms with E-state index in [4.69, 9.17) is 0 Å². The molecule has 2 atom stereocenters. The van der Waals surface area contributed by atoms with Gasteiger partial charge in [0, 0.05) is 12.2 Å². The first-order chi connectivity index (χ1) is 9.27. The fourth-order valence-corrected chi connectivity index (χ4v) is 3.81. The first-order valence-electron chi connectivity index (χ1n) is 6.13. The zero-order chi connectivity index (χ0) is 15.0. The molecule has 0 radical (unpaired) electrons. The Labute approximate surface area is 116 Å². The summed E-state index contributed by atoms with van der Waals surface area (Å²) in [5, 5.41) is 8.53. The molecule has 110 valence electrons. The molecular formula is C12H15FN2O4S. The van der Waals surface area contributed by atoms with Gasteiger partial charge in [-0.05, 0) is 31.9 Å². The van der Waals surface area contributed by atoms with Crippen LogP contribution in [0.1, 0.15) is 26.2 Å². The van der Waals surface area contributed by atoms with E-state index in [1.54, 1.807) is 0 Å². The number of aliphatic carboxylic acids is 1. The minimum absolute atomic E-state index is 0.375. The smallest absolute Gasteiger partial charge is 0.310 e. The van der Waals surface area contributed by atoms with Gasteiger partial charge in [-0.25, -0.2) is 22.5 Å². The van der Waals surface area contributed by atoms with E-state index in [9.17, 15) is 22.7 Å². The van der Waals surface area contributed by atoms with Gasteiger partial charge in [0.25, 0.3) is 10.0 Å². The van der Waals surface area contributed by atoms with Crippen molar-refractivity contribution in [2.75, 3.05) is 0 Å². The molecule has 2 rings (SSSR count). The van der Waals surface area contributed by atoms with E-state index in [0.29, 0.717) is 19.3 Å². The molecule has 1 aliphatic carbocycles. The molecular weight excluding hydrogens is 287 g/mol. The van der Waals surface area contributed by atoms with Crippen molar-refractivity contribution in [1.82, 2.24) is 9.71 Å². The minimum Gasteiger partial charge on any atom is -0.481 e. The topological polar surface area (TPSA) is 96.4 Å². The summed E-state index contributed by atoms with van der Waals surface area (Å²) < 4.78 is 40.0. The molecule has 2 N–H and O–H groups in total. The van der Waals surface area contributed by atoms with Gasteiger partial charge in [-0.3, -0.25) is 4.79 Å². The maximum absolute atomic E-state index is 13.5. The highest BCUT2D eigenvalue weighted by Gasteiger charge is 2.47. The van der Waals surface area contributed by atoms with E-state index in [-0.39, 0.29) is 0 Å². The van der Waals surface area contributed by atoms with Gasteiger partial charge < -0.3 is 5.11 Å². The van der Waals surface area contributed by atoms with Crippen LogP contribution in [0.2, 0.25) is 0 Å². The van der Waals surface area contributed by atoms with Crippen LogP contribution in [-0.2, 0) is 14.8 Å². The van der Waals surface area contributed by atoms with Crippen LogP contribution in [-0.4, -0.2) is 30.5 Å². The zero-order valence-electron chi connectivity index (χ0n) is 10.8. The van der Waals surface area contributed by atoms with Crippen molar-refractivity contribution in [2.24, 2.45) is 5.41 Å². The number of hydrogen-bond acceptors (Lipinski definition) is 4. The van der Waals surface area contributed by atoms with Crippen LogP contribution in [0, 0.1) is 11.2 Å².